The fourth-order valence-corrected chi connectivity index (χ4v) is 1.87. The van der Waals surface area contributed by atoms with Gasteiger partial charge in [0.15, 0.2) is 5.92 Å². The van der Waals surface area contributed by atoms with Crippen molar-refractivity contribution in [2.45, 2.75) is 19.8 Å². The van der Waals surface area contributed by atoms with Crippen LogP contribution in [0.15, 0.2) is 6.07 Å². The molecule has 0 amide bonds. The van der Waals surface area contributed by atoms with E-state index in [2.05, 4.69) is 9.47 Å². The molecule has 0 saturated carbocycles. The van der Waals surface area contributed by atoms with Crippen LogP contribution in [0.4, 0.5) is 8.78 Å². The number of rotatable bonds is 5. The van der Waals surface area contributed by atoms with Crippen molar-refractivity contribution < 1.29 is 27.8 Å². The summed E-state index contributed by atoms with van der Waals surface area (Å²) in [4.78, 5) is 23.8. The Hall–Kier alpha value is -3.00. The van der Waals surface area contributed by atoms with E-state index in [-0.39, 0.29) is 13.2 Å². The molecule has 0 atom stereocenters. The average Bonchev–Trinajstić information content (AvgIpc) is 2.50. The molecule has 0 aliphatic heterocycles. The predicted molar refractivity (Wildman–Crippen MR) is 71.8 cm³/mol. The highest BCUT2D eigenvalue weighted by Crippen LogP contribution is 2.28. The molecule has 8 heteroatoms. The number of nitriles is 2. The first-order valence-electron chi connectivity index (χ1n) is 6.58. The zero-order valence-corrected chi connectivity index (χ0v) is 12.4. The van der Waals surface area contributed by atoms with Crippen LogP contribution in [0, 0.1) is 34.3 Å². The van der Waals surface area contributed by atoms with Gasteiger partial charge in [-0.25, -0.2) is 8.78 Å². The van der Waals surface area contributed by atoms with E-state index in [0.29, 0.717) is 6.07 Å². The number of hydrogen-bond donors (Lipinski definition) is 0. The summed E-state index contributed by atoms with van der Waals surface area (Å²) in [5.74, 6) is -6.73. The summed E-state index contributed by atoms with van der Waals surface area (Å²) in [7, 11) is 0. The summed E-state index contributed by atoms with van der Waals surface area (Å²) in [5, 5.41) is 17.7. The van der Waals surface area contributed by atoms with Crippen LogP contribution in [-0.2, 0) is 19.1 Å². The SMILES string of the molecule is CCOC(=O)C(C(=O)OCC)c1cc(F)c(C#N)c(C#N)c1F. The summed E-state index contributed by atoms with van der Waals surface area (Å²) >= 11 is 0. The van der Waals surface area contributed by atoms with Crippen molar-refractivity contribution >= 4 is 11.9 Å². The second-order valence-corrected chi connectivity index (χ2v) is 4.17. The molecule has 0 aliphatic carbocycles. The van der Waals surface area contributed by atoms with Crippen LogP contribution in [0.5, 0.6) is 0 Å². The van der Waals surface area contributed by atoms with Crippen LogP contribution in [0.1, 0.15) is 36.5 Å². The van der Waals surface area contributed by atoms with Crippen LogP contribution in [-0.4, -0.2) is 25.2 Å². The molecule has 0 radical (unpaired) electrons. The Balaban J connectivity index is 3.58. The summed E-state index contributed by atoms with van der Waals surface area (Å²) < 4.78 is 37.6. The van der Waals surface area contributed by atoms with Gasteiger partial charge in [0.25, 0.3) is 0 Å². The Kier molecular flexibility index (Phi) is 6.16. The first-order chi connectivity index (χ1) is 10.9. The lowest BCUT2D eigenvalue weighted by molar-refractivity contribution is -0.157. The van der Waals surface area contributed by atoms with Crippen molar-refractivity contribution in [3.63, 3.8) is 0 Å². The van der Waals surface area contributed by atoms with Crippen molar-refractivity contribution in [2.24, 2.45) is 0 Å². The Morgan fingerprint density at radius 3 is 1.96 bits per heavy atom. The lowest BCUT2D eigenvalue weighted by Crippen LogP contribution is -2.27. The van der Waals surface area contributed by atoms with Crippen LogP contribution in [0.25, 0.3) is 0 Å². The van der Waals surface area contributed by atoms with Gasteiger partial charge < -0.3 is 9.47 Å². The van der Waals surface area contributed by atoms with Crippen molar-refractivity contribution in [1.82, 2.24) is 0 Å². The summed E-state index contributed by atoms with van der Waals surface area (Å²) in [6, 6.07) is 3.23. The monoisotopic (exact) mass is 322 g/mol. The third-order valence-electron chi connectivity index (χ3n) is 2.82. The summed E-state index contributed by atoms with van der Waals surface area (Å²) in [6.45, 7) is 2.74. The van der Waals surface area contributed by atoms with Gasteiger partial charge in [-0.15, -0.1) is 0 Å². The molecule has 23 heavy (non-hydrogen) atoms. The molecule has 0 aliphatic rings. The van der Waals surface area contributed by atoms with E-state index in [1.54, 1.807) is 0 Å². The highest BCUT2D eigenvalue weighted by Gasteiger charge is 2.36. The second-order valence-electron chi connectivity index (χ2n) is 4.17. The topological polar surface area (TPSA) is 100 Å². The minimum atomic E-state index is -1.88. The van der Waals surface area contributed by atoms with Gasteiger partial charge in [0.1, 0.15) is 34.9 Å². The molecule has 120 valence electrons. The number of hydrogen-bond acceptors (Lipinski definition) is 6. The number of esters is 2. The van der Waals surface area contributed by atoms with E-state index in [9.17, 15) is 18.4 Å². The lowest BCUT2D eigenvalue weighted by Gasteiger charge is -2.16. The zero-order chi connectivity index (χ0) is 17.6. The molecule has 0 saturated heterocycles. The molecule has 0 spiro atoms. The molecule has 1 aromatic carbocycles. The largest absolute Gasteiger partial charge is 0.465 e. The Labute approximate surface area is 130 Å². The van der Waals surface area contributed by atoms with E-state index in [4.69, 9.17) is 10.5 Å². The zero-order valence-electron chi connectivity index (χ0n) is 12.4. The normalized spacial score (nSPS) is 9.87. The standard InChI is InChI=1S/C15H12F2N2O4/c1-3-22-14(20)12(15(21)23-4-2)8-5-11(16)9(6-18)10(7-19)13(8)17/h5,12H,3-4H2,1-2H3. The molecule has 1 rings (SSSR count). The minimum absolute atomic E-state index is 0.0970. The van der Waals surface area contributed by atoms with Crippen molar-refractivity contribution in [3.05, 3.63) is 34.4 Å². The number of nitrogens with zero attached hydrogens (tertiary/aromatic N) is 2. The van der Waals surface area contributed by atoms with Gasteiger partial charge in [-0.1, -0.05) is 0 Å². The van der Waals surface area contributed by atoms with Gasteiger partial charge in [0.2, 0.25) is 0 Å². The molecule has 6 nitrogen and oxygen atoms in total. The van der Waals surface area contributed by atoms with Gasteiger partial charge in [0, 0.05) is 5.56 Å². The molecule has 0 N–H and O–H groups in total. The second kappa shape index (κ2) is 7.85. The maximum atomic E-state index is 14.4. The highest BCUT2D eigenvalue weighted by atomic mass is 19.1. The molecule has 0 fully saturated rings. The predicted octanol–water partition coefficient (Wildman–Crippen LogP) is 1.92. The molecule has 0 bridgehead atoms. The fourth-order valence-electron chi connectivity index (χ4n) is 1.87. The Bertz CT molecular complexity index is 702. The number of carbonyl (C=O) groups excluding carboxylic acids is 2. The smallest absolute Gasteiger partial charge is 0.325 e. The maximum absolute atomic E-state index is 14.4. The Morgan fingerprint density at radius 2 is 1.57 bits per heavy atom. The molecule has 0 unspecified atom stereocenters. The first kappa shape index (κ1) is 18.1. The molecule has 1 aromatic rings. The summed E-state index contributed by atoms with van der Waals surface area (Å²) in [6.07, 6.45) is 0. The van der Waals surface area contributed by atoms with Crippen LogP contribution in [0.2, 0.25) is 0 Å². The third kappa shape index (κ3) is 3.61. The molecular formula is C15H12F2N2O4. The lowest BCUT2D eigenvalue weighted by atomic mass is 9.94. The van der Waals surface area contributed by atoms with Gasteiger partial charge in [-0.05, 0) is 19.9 Å². The van der Waals surface area contributed by atoms with Gasteiger partial charge in [0.05, 0.1) is 13.2 Å². The minimum Gasteiger partial charge on any atom is -0.465 e. The highest BCUT2D eigenvalue weighted by molar-refractivity contribution is 6.01. The maximum Gasteiger partial charge on any atom is 0.325 e. The molecule has 0 aromatic heterocycles. The van der Waals surface area contributed by atoms with E-state index in [1.165, 1.54) is 26.0 Å². The van der Waals surface area contributed by atoms with Crippen LogP contribution >= 0.6 is 0 Å². The van der Waals surface area contributed by atoms with Crippen molar-refractivity contribution in [1.29, 1.82) is 10.5 Å². The van der Waals surface area contributed by atoms with Crippen molar-refractivity contribution in [2.75, 3.05) is 13.2 Å². The van der Waals surface area contributed by atoms with Crippen molar-refractivity contribution in [3.8, 4) is 12.1 Å². The molecule has 0 heterocycles. The number of halogens is 2. The first-order valence-corrected chi connectivity index (χ1v) is 6.58. The third-order valence-corrected chi connectivity index (χ3v) is 2.82. The van der Waals surface area contributed by atoms with Gasteiger partial charge >= 0.3 is 11.9 Å². The number of benzene rings is 1. The number of ether oxygens (including phenoxy) is 2. The van der Waals surface area contributed by atoms with Crippen LogP contribution in [0.3, 0.4) is 0 Å². The Morgan fingerprint density at radius 1 is 1.09 bits per heavy atom. The van der Waals surface area contributed by atoms with Crippen LogP contribution < -0.4 is 0 Å². The fraction of sp³-hybridized carbons (Fsp3) is 0.333. The average molecular weight is 322 g/mol. The van der Waals surface area contributed by atoms with E-state index >= 15 is 0 Å². The van der Waals surface area contributed by atoms with E-state index in [1.807, 2.05) is 0 Å². The van der Waals surface area contributed by atoms with E-state index in [0.717, 1.165) is 0 Å². The summed E-state index contributed by atoms with van der Waals surface area (Å²) in [5.41, 5.74) is -2.41. The van der Waals surface area contributed by atoms with E-state index < -0.39 is 46.2 Å². The van der Waals surface area contributed by atoms with Gasteiger partial charge in [-0.3, -0.25) is 9.59 Å². The van der Waals surface area contributed by atoms with Gasteiger partial charge in [-0.2, -0.15) is 10.5 Å². The number of carbonyl (C=O) groups is 2. The quantitative estimate of drug-likeness (QED) is 0.606. The molecular weight excluding hydrogens is 310 g/mol.